The Bertz CT molecular complexity index is 420. The lowest BCUT2D eigenvalue weighted by Crippen LogP contribution is -2.58. The fourth-order valence-electron chi connectivity index (χ4n) is 3.95. The topological polar surface area (TPSA) is 56.8 Å². The van der Waals surface area contributed by atoms with Gasteiger partial charge in [-0.1, -0.05) is 6.92 Å². The first kappa shape index (κ1) is 17.5. The van der Waals surface area contributed by atoms with Gasteiger partial charge >= 0.3 is 5.97 Å². The van der Waals surface area contributed by atoms with E-state index in [1.54, 1.807) is 0 Å². The number of methoxy groups -OCH3 is 1. The molecule has 2 heterocycles. The molecule has 5 nitrogen and oxygen atoms in total. The summed E-state index contributed by atoms with van der Waals surface area (Å²) in [6.45, 7) is 4.60. The standard InChI is InChI=1S/C17H29NO4S/c1-15(3-5-17(6-4-15)21-9-10-22-17)13-18-16(14(19)20-2)7-11-23-12-8-16/h18H,3-13H2,1-2H3. The Hall–Kier alpha value is -0.300. The summed E-state index contributed by atoms with van der Waals surface area (Å²) in [6, 6.07) is 0. The van der Waals surface area contributed by atoms with Crippen molar-refractivity contribution in [3.63, 3.8) is 0 Å². The van der Waals surface area contributed by atoms with E-state index in [-0.39, 0.29) is 17.2 Å². The Morgan fingerprint density at radius 1 is 1.09 bits per heavy atom. The minimum Gasteiger partial charge on any atom is -0.468 e. The van der Waals surface area contributed by atoms with Gasteiger partial charge < -0.3 is 19.5 Å². The Labute approximate surface area is 143 Å². The van der Waals surface area contributed by atoms with E-state index >= 15 is 0 Å². The van der Waals surface area contributed by atoms with Crippen LogP contribution in [0.4, 0.5) is 0 Å². The number of esters is 1. The van der Waals surface area contributed by atoms with Crippen molar-refractivity contribution < 1.29 is 19.0 Å². The van der Waals surface area contributed by atoms with Crippen molar-refractivity contribution >= 4 is 17.7 Å². The zero-order valence-electron chi connectivity index (χ0n) is 14.3. The van der Waals surface area contributed by atoms with Crippen LogP contribution in [0.2, 0.25) is 0 Å². The molecular weight excluding hydrogens is 314 g/mol. The molecule has 6 heteroatoms. The molecule has 0 unspecified atom stereocenters. The third-order valence-corrected chi connectivity index (χ3v) is 6.79. The molecule has 0 aromatic carbocycles. The summed E-state index contributed by atoms with van der Waals surface area (Å²) in [6.07, 6.45) is 5.74. The van der Waals surface area contributed by atoms with Gasteiger partial charge in [0.05, 0.1) is 20.3 Å². The van der Waals surface area contributed by atoms with Gasteiger partial charge in [0.2, 0.25) is 0 Å². The molecule has 0 amide bonds. The molecule has 0 bridgehead atoms. The maximum Gasteiger partial charge on any atom is 0.326 e. The van der Waals surface area contributed by atoms with Crippen LogP contribution in [-0.2, 0) is 19.0 Å². The number of rotatable bonds is 4. The van der Waals surface area contributed by atoms with Crippen LogP contribution >= 0.6 is 11.8 Å². The number of carbonyl (C=O) groups is 1. The smallest absolute Gasteiger partial charge is 0.326 e. The van der Waals surface area contributed by atoms with Gasteiger partial charge in [0.25, 0.3) is 0 Å². The third kappa shape index (κ3) is 3.70. The highest BCUT2D eigenvalue weighted by Gasteiger charge is 2.46. The highest BCUT2D eigenvalue weighted by atomic mass is 32.2. The molecule has 3 fully saturated rings. The van der Waals surface area contributed by atoms with Gasteiger partial charge in [0, 0.05) is 19.4 Å². The zero-order valence-corrected chi connectivity index (χ0v) is 15.1. The first-order chi connectivity index (χ1) is 11.0. The molecule has 23 heavy (non-hydrogen) atoms. The van der Waals surface area contributed by atoms with Crippen LogP contribution in [0.25, 0.3) is 0 Å². The lowest BCUT2D eigenvalue weighted by molar-refractivity contribution is -0.190. The van der Waals surface area contributed by atoms with Crippen molar-refractivity contribution in [2.75, 3.05) is 38.4 Å². The number of hydrogen-bond donors (Lipinski definition) is 1. The summed E-state index contributed by atoms with van der Waals surface area (Å²) >= 11 is 1.92. The number of nitrogens with one attached hydrogen (secondary N) is 1. The Kier molecular flexibility index (Phi) is 5.26. The molecule has 2 saturated heterocycles. The van der Waals surface area contributed by atoms with Crippen LogP contribution < -0.4 is 5.32 Å². The quantitative estimate of drug-likeness (QED) is 0.791. The molecular formula is C17H29NO4S. The first-order valence-corrected chi connectivity index (χ1v) is 9.86. The normalized spacial score (nSPS) is 28.6. The second-order valence-corrected chi connectivity index (χ2v) is 8.68. The van der Waals surface area contributed by atoms with Gasteiger partial charge in [-0.2, -0.15) is 11.8 Å². The summed E-state index contributed by atoms with van der Waals surface area (Å²) in [5.74, 6) is 1.62. The first-order valence-electron chi connectivity index (χ1n) is 8.71. The third-order valence-electron chi connectivity index (χ3n) is 5.81. The van der Waals surface area contributed by atoms with E-state index in [1.807, 2.05) is 11.8 Å². The number of carbonyl (C=O) groups excluding carboxylic acids is 1. The summed E-state index contributed by atoms with van der Waals surface area (Å²) in [4.78, 5) is 12.3. The van der Waals surface area contributed by atoms with E-state index in [4.69, 9.17) is 14.2 Å². The highest BCUT2D eigenvalue weighted by molar-refractivity contribution is 7.99. The predicted octanol–water partition coefficient (Wildman–Crippen LogP) is 2.34. The molecule has 3 aliphatic rings. The summed E-state index contributed by atoms with van der Waals surface area (Å²) in [5, 5.41) is 3.61. The maximum atomic E-state index is 12.3. The van der Waals surface area contributed by atoms with Crippen LogP contribution in [0.3, 0.4) is 0 Å². The molecule has 0 atom stereocenters. The molecule has 1 aliphatic carbocycles. The van der Waals surface area contributed by atoms with Crippen LogP contribution in [0, 0.1) is 5.41 Å². The monoisotopic (exact) mass is 343 g/mol. The lowest BCUT2D eigenvalue weighted by atomic mass is 9.72. The van der Waals surface area contributed by atoms with Crippen molar-refractivity contribution in [2.24, 2.45) is 5.41 Å². The molecule has 1 N–H and O–H groups in total. The molecule has 3 rings (SSSR count). The van der Waals surface area contributed by atoms with Gasteiger partial charge in [-0.15, -0.1) is 0 Å². The van der Waals surface area contributed by atoms with Crippen LogP contribution in [0.1, 0.15) is 45.4 Å². The van der Waals surface area contributed by atoms with E-state index in [0.717, 1.165) is 69.8 Å². The minimum absolute atomic E-state index is 0.101. The van der Waals surface area contributed by atoms with Gasteiger partial charge in [-0.25, -0.2) is 0 Å². The van der Waals surface area contributed by atoms with Gasteiger partial charge in [0.15, 0.2) is 5.79 Å². The van der Waals surface area contributed by atoms with Crippen molar-refractivity contribution in [2.45, 2.75) is 56.8 Å². The molecule has 2 aliphatic heterocycles. The van der Waals surface area contributed by atoms with E-state index in [9.17, 15) is 4.79 Å². The summed E-state index contributed by atoms with van der Waals surface area (Å²) < 4.78 is 16.7. The Morgan fingerprint density at radius 3 is 2.26 bits per heavy atom. The SMILES string of the molecule is COC(=O)C1(NCC2(C)CCC3(CC2)OCCO3)CCSCC1. The average Bonchev–Trinajstić information content (AvgIpc) is 3.05. The molecule has 1 spiro atoms. The van der Waals surface area contributed by atoms with E-state index in [1.165, 1.54) is 7.11 Å². The van der Waals surface area contributed by atoms with Gasteiger partial charge in [-0.05, 0) is 42.6 Å². The maximum absolute atomic E-state index is 12.3. The Balaban J connectivity index is 1.58. The van der Waals surface area contributed by atoms with Gasteiger partial charge in [-0.3, -0.25) is 4.79 Å². The second-order valence-electron chi connectivity index (χ2n) is 7.46. The molecule has 132 valence electrons. The lowest BCUT2D eigenvalue weighted by Gasteiger charge is -2.44. The highest BCUT2D eigenvalue weighted by Crippen LogP contribution is 2.44. The molecule has 0 aromatic rings. The largest absolute Gasteiger partial charge is 0.468 e. The fraction of sp³-hybridized carbons (Fsp3) is 0.941. The van der Waals surface area contributed by atoms with Crippen LogP contribution in [0.15, 0.2) is 0 Å². The molecule has 1 saturated carbocycles. The fourth-order valence-corrected chi connectivity index (χ4v) is 5.14. The Morgan fingerprint density at radius 2 is 1.70 bits per heavy atom. The average molecular weight is 343 g/mol. The van der Waals surface area contributed by atoms with Crippen molar-refractivity contribution in [3.8, 4) is 0 Å². The van der Waals surface area contributed by atoms with E-state index < -0.39 is 5.54 Å². The van der Waals surface area contributed by atoms with Crippen LogP contribution in [-0.4, -0.2) is 55.7 Å². The second kappa shape index (κ2) is 6.90. The molecule has 0 radical (unpaired) electrons. The predicted molar refractivity (Wildman–Crippen MR) is 90.5 cm³/mol. The number of thioether (sulfide) groups is 1. The van der Waals surface area contributed by atoms with Crippen molar-refractivity contribution in [1.82, 2.24) is 5.32 Å². The number of ether oxygens (including phenoxy) is 3. The van der Waals surface area contributed by atoms with Crippen LogP contribution in [0.5, 0.6) is 0 Å². The summed E-state index contributed by atoms with van der Waals surface area (Å²) in [7, 11) is 1.49. The van der Waals surface area contributed by atoms with Crippen molar-refractivity contribution in [1.29, 1.82) is 0 Å². The zero-order chi connectivity index (χ0) is 16.4. The minimum atomic E-state index is -0.488. The van der Waals surface area contributed by atoms with Gasteiger partial charge in [0.1, 0.15) is 5.54 Å². The van der Waals surface area contributed by atoms with E-state index in [2.05, 4.69) is 12.2 Å². The number of hydrogen-bond acceptors (Lipinski definition) is 6. The molecule has 0 aromatic heterocycles. The summed E-state index contributed by atoms with van der Waals surface area (Å²) in [5.41, 5.74) is -0.301. The van der Waals surface area contributed by atoms with E-state index in [0.29, 0.717) is 0 Å². The van der Waals surface area contributed by atoms with Crippen molar-refractivity contribution in [3.05, 3.63) is 0 Å².